The van der Waals surface area contributed by atoms with Crippen LogP contribution >= 0.6 is 0 Å². The van der Waals surface area contributed by atoms with Crippen molar-refractivity contribution in [2.75, 3.05) is 13.1 Å². The lowest BCUT2D eigenvalue weighted by molar-refractivity contribution is -0.0162. The molecule has 1 aromatic heterocycles. The summed E-state index contributed by atoms with van der Waals surface area (Å²) in [4.78, 5) is 19.4. The second kappa shape index (κ2) is 8.18. The van der Waals surface area contributed by atoms with Crippen molar-refractivity contribution < 1.29 is 9.90 Å². The van der Waals surface area contributed by atoms with E-state index >= 15 is 0 Å². The Bertz CT molecular complexity index is 978. The Hall–Kier alpha value is -2.98. The Labute approximate surface area is 171 Å². The first-order valence-corrected chi connectivity index (χ1v) is 10.1. The van der Waals surface area contributed by atoms with Crippen molar-refractivity contribution in [2.45, 2.75) is 31.8 Å². The van der Waals surface area contributed by atoms with Gasteiger partial charge in [-0.3, -0.25) is 9.78 Å². The SMILES string of the molecule is Cc1cccc(-c2ccncc2)c1C(=O)N1CCC(O)(Cc2ccccc2)CC1. The standard InChI is InChI=1S/C25H26N2O2/c1-19-6-5-9-22(21-10-14-26-15-11-21)23(19)24(28)27-16-12-25(29,13-17-27)18-20-7-3-2-4-8-20/h2-11,14-15,29H,12-13,16-18H2,1H3. The molecule has 0 radical (unpaired) electrons. The van der Waals surface area contributed by atoms with E-state index in [1.807, 2.05) is 72.5 Å². The van der Waals surface area contributed by atoms with Gasteiger partial charge < -0.3 is 10.0 Å². The van der Waals surface area contributed by atoms with Gasteiger partial charge in [0.15, 0.2) is 0 Å². The van der Waals surface area contributed by atoms with Gasteiger partial charge >= 0.3 is 0 Å². The number of nitrogens with zero attached hydrogens (tertiary/aromatic N) is 2. The van der Waals surface area contributed by atoms with Gasteiger partial charge in [-0.25, -0.2) is 0 Å². The number of rotatable bonds is 4. The summed E-state index contributed by atoms with van der Waals surface area (Å²) in [5.41, 5.74) is 4.01. The molecule has 0 aliphatic carbocycles. The summed E-state index contributed by atoms with van der Waals surface area (Å²) in [6, 6.07) is 19.9. The van der Waals surface area contributed by atoms with Gasteiger partial charge in [-0.05, 0) is 54.2 Å². The van der Waals surface area contributed by atoms with Gasteiger partial charge in [-0.15, -0.1) is 0 Å². The number of hydrogen-bond acceptors (Lipinski definition) is 3. The molecule has 0 unspecified atom stereocenters. The molecule has 1 N–H and O–H groups in total. The van der Waals surface area contributed by atoms with Gasteiger partial charge in [0.1, 0.15) is 0 Å². The summed E-state index contributed by atoms with van der Waals surface area (Å²) >= 11 is 0. The van der Waals surface area contributed by atoms with E-state index in [0.717, 1.165) is 27.8 Å². The van der Waals surface area contributed by atoms with Crippen molar-refractivity contribution >= 4 is 5.91 Å². The fraction of sp³-hybridized carbons (Fsp3) is 0.280. The predicted molar refractivity (Wildman–Crippen MR) is 115 cm³/mol. The molecular weight excluding hydrogens is 360 g/mol. The minimum absolute atomic E-state index is 0.0386. The molecule has 0 bridgehead atoms. The highest BCUT2D eigenvalue weighted by atomic mass is 16.3. The highest BCUT2D eigenvalue weighted by Gasteiger charge is 2.35. The third-order valence-corrected chi connectivity index (χ3v) is 5.84. The fourth-order valence-corrected chi connectivity index (χ4v) is 4.16. The first kappa shape index (κ1) is 19.3. The lowest BCUT2D eigenvalue weighted by atomic mass is 9.85. The maximum Gasteiger partial charge on any atom is 0.254 e. The molecule has 1 aliphatic rings. The van der Waals surface area contributed by atoms with E-state index < -0.39 is 5.60 Å². The Morgan fingerprint density at radius 2 is 1.69 bits per heavy atom. The summed E-state index contributed by atoms with van der Waals surface area (Å²) in [6.07, 6.45) is 5.30. The van der Waals surface area contributed by atoms with E-state index in [1.165, 1.54) is 0 Å². The zero-order chi connectivity index (χ0) is 20.3. The zero-order valence-electron chi connectivity index (χ0n) is 16.7. The fourth-order valence-electron chi connectivity index (χ4n) is 4.16. The van der Waals surface area contributed by atoms with Crippen LogP contribution in [0.3, 0.4) is 0 Å². The first-order chi connectivity index (χ1) is 14.1. The summed E-state index contributed by atoms with van der Waals surface area (Å²) in [7, 11) is 0. The van der Waals surface area contributed by atoms with Gasteiger partial charge in [0.05, 0.1) is 11.2 Å². The molecule has 3 aromatic rings. The largest absolute Gasteiger partial charge is 0.389 e. The molecule has 2 aromatic carbocycles. The molecule has 1 amide bonds. The van der Waals surface area contributed by atoms with Crippen LogP contribution in [0, 0.1) is 6.92 Å². The molecular formula is C25H26N2O2. The van der Waals surface area contributed by atoms with Gasteiger partial charge in [-0.2, -0.15) is 0 Å². The molecule has 2 heterocycles. The zero-order valence-corrected chi connectivity index (χ0v) is 16.7. The van der Waals surface area contributed by atoms with Crippen LogP contribution in [0.4, 0.5) is 0 Å². The number of aryl methyl sites for hydroxylation is 1. The van der Waals surface area contributed by atoms with E-state index in [4.69, 9.17) is 0 Å². The quantitative estimate of drug-likeness (QED) is 0.729. The van der Waals surface area contributed by atoms with E-state index in [1.54, 1.807) is 12.4 Å². The maximum absolute atomic E-state index is 13.4. The van der Waals surface area contributed by atoms with E-state index in [-0.39, 0.29) is 5.91 Å². The number of amides is 1. The number of piperidine rings is 1. The Morgan fingerprint density at radius 3 is 2.38 bits per heavy atom. The van der Waals surface area contributed by atoms with Gasteiger partial charge in [0.25, 0.3) is 5.91 Å². The number of likely N-dealkylation sites (tertiary alicyclic amines) is 1. The molecule has 1 aliphatic heterocycles. The van der Waals surface area contributed by atoms with Crippen LogP contribution in [-0.2, 0) is 6.42 Å². The second-order valence-electron chi connectivity index (χ2n) is 7.91. The lowest BCUT2D eigenvalue weighted by Gasteiger charge is -2.38. The van der Waals surface area contributed by atoms with Crippen molar-refractivity contribution in [3.05, 3.63) is 89.7 Å². The van der Waals surface area contributed by atoms with E-state index in [9.17, 15) is 9.90 Å². The minimum Gasteiger partial charge on any atom is -0.389 e. The molecule has 148 valence electrons. The molecule has 0 atom stereocenters. The van der Waals surface area contributed by atoms with E-state index in [0.29, 0.717) is 32.4 Å². The predicted octanol–water partition coefficient (Wildman–Crippen LogP) is 4.27. The first-order valence-electron chi connectivity index (χ1n) is 10.1. The molecule has 1 saturated heterocycles. The normalized spacial score (nSPS) is 15.9. The summed E-state index contributed by atoms with van der Waals surface area (Å²) in [6.45, 7) is 3.10. The van der Waals surface area contributed by atoms with Crippen molar-refractivity contribution in [2.24, 2.45) is 0 Å². The lowest BCUT2D eigenvalue weighted by Crippen LogP contribution is -2.48. The Balaban J connectivity index is 1.52. The Morgan fingerprint density at radius 1 is 1.00 bits per heavy atom. The highest BCUT2D eigenvalue weighted by Crippen LogP contribution is 2.31. The third-order valence-electron chi connectivity index (χ3n) is 5.84. The van der Waals surface area contributed by atoms with Gasteiger partial charge in [-0.1, -0.05) is 48.5 Å². The number of aliphatic hydroxyl groups is 1. The van der Waals surface area contributed by atoms with Gasteiger partial charge in [0, 0.05) is 31.9 Å². The second-order valence-corrected chi connectivity index (χ2v) is 7.91. The average molecular weight is 386 g/mol. The van der Waals surface area contributed by atoms with Crippen LogP contribution in [-0.4, -0.2) is 39.6 Å². The topological polar surface area (TPSA) is 53.4 Å². The molecule has 4 rings (SSSR count). The summed E-state index contributed by atoms with van der Waals surface area (Å²) in [5, 5.41) is 11.0. The number of aromatic nitrogens is 1. The van der Waals surface area contributed by atoms with Crippen molar-refractivity contribution in [1.82, 2.24) is 9.88 Å². The van der Waals surface area contributed by atoms with Crippen LogP contribution in [0.25, 0.3) is 11.1 Å². The van der Waals surface area contributed by atoms with Crippen molar-refractivity contribution in [3.63, 3.8) is 0 Å². The monoisotopic (exact) mass is 386 g/mol. The third kappa shape index (κ3) is 4.22. The minimum atomic E-state index is -0.752. The molecule has 0 spiro atoms. The van der Waals surface area contributed by atoms with Gasteiger partial charge in [0.2, 0.25) is 0 Å². The molecule has 0 saturated carbocycles. The van der Waals surface area contributed by atoms with Crippen LogP contribution < -0.4 is 0 Å². The molecule has 4 nitrogen and oxygen atoms in total. The van der Waals surface area contributed by atoms with Crippen molar-refractivity contribution in [3.8, 4) is 11.1 Å². The van der Waals surface area contributed by atoms with Crippen LogP contribution in [0.15, 0.2) is 73.1 Å². The average Bonchev–Trinajstić information content (AvgIpc) is 2.75. The molecule has 4 heteroatoms. The van der Waals surface area contributed by atoms with E-state index in [2.05, 4.69) is 4.98 Å². The Kier molecular flexibility index (Phi) is 5.45. The van der Waals surface area contributed by atoms with Crippen LogP contribution in [0.1, 0.15) is 34.3 Å². The molecule has 1 fully saturated rings. The smallest absolute Gasteiger partial charge is 0.254 e. The maximum atomic E-state index is 13.4. The number of carbonyl (C=O) groups is 1. The van der Waals surface area contributed by atoms with Crippen molar-refractivity contribution in [1.29, 1.82) is 0 Å². The number of pyridine rings is 1. The number of benzene rings is 2. The summed E-state index contributed by atoms with van der Waals surface area (Å²) < 4.78 is 0. The highest BCUT2D eigenvalue weighted by molar-refractivity contribution is 6.02. The van der Waals surface area contributed by atoms with Crippen LogP contribution in [0.5, 0.6) is 0 Å². The molecule has 29 heavy (non-hydrogen) atoms. The number of carbonyl (C=O) groups excluding carboxylic acids is 1. The van der Waals surface area contributed by atoms with Crippen LogP contribution in [0.2, 0.25) is 0 Å². The summed E-state index contributed by atoms with van der Waals surface area (Å²) in [5.74, 6) is 0.0386. The number of hydrogen-bond donors (Lipinski definition) is 1.